The lowest BCUT2D eigenvalue weighted by Crippen LogP contribution is -2.30. The summed E-state index contributed by atoms with van der Waals surface area (Å²) in [6, 6.07) is 0. The zero-order valence-corrected chi connectivity index (χ0v) is 13.3. The molecular weight excluding hydrogens is 288 g/mol. The number of fused-ring (bicyclic) bond motifs is 1. The summed E-state index contributed by atoms with van der Waals surface area (Å²) < 4.78 is 7.20. The van der Waals surface area contributed by atoms with Crippen molar-refractivity contribution >= 4 is 22.1 Å². The molecule has 6 nitrogen and oxygen atoms in total. The van der Waals surface area contributed by atoms with Crippen LogP contribution in [0.5, 0.6) is 0 Å². The Morgan fingerprint density at radius 1 is 1.57 bits per heavy atom. The molecule has 1 saturated heterocycles. The Kier molecular flexibility index (Phi) is 4.17. The predicted octanol–water partition coefficient (Wildman–Crippen LogP) is 1.09. The van der Waals surface area contributed by atoms with Crippen LogP contribution in [0.2, 0.25) is 0 Å². The molecule has 3 rings (SSSR count). The molecule has 0 radical (unpaired) electrons. The van der Waals surface area contributed by atoms with Gasteiger partial charge in [-0.3, -0.25) is 4.40 Å². The summed E-state index contributed by atoms with van der Waals surface area (Å²) in [6.07, 6.45) is 2.84. The summed E-state index contributed by atoms with van der Waals surface area (Å²) in [6.45, 7) is 5.63. The number of aliphatic hydroxyl groups is 1. The van der Waals surface area contributed by atoms with Crippen LogP contribution in [0.4, 0.5) is 5.82 Å². The lowest BCUT2D eigenvalue weighted by Gasteiger charge is -2.20. The number of thiazole rings is 1. The third kappa shape index (κ3) is 3.06. The Hall–Kier alpha value is -1.15. The lowest BCUT2D eigenvalue weighted by molar-refractivity contribution is 0.0839. The molecule has 2 aromatic rings. The van der Waals surface area contributed by atoms with E-state index < -0.39 is 5.60 Å². The first-order valence-electron chi connectivity index (χ1n) is 7.22. The van der Waals surface area contributed by atoms with E-state index in [9.17, 15) is 5.11 Å². The highest BCUT2D eigenvalue weighted by molar-refractivity contribution is 7.15. The van der Waals surface area contributed by atoms with E-state index in [1.54, 1.807) is 18.4 Å². The van der Waals surface area contributed by atoms with Gasteiger partial charge in [0.2, 0.25) is 0 Å². The number of nitrogens with one attached hydrogen (secondary N) is 1. The highest BCUT2D eigenvalue weighted by Gasteiger charge is 2.34. The summed E-state index contributed by atoms with van der Waals surface area (Å²) in [7, 11) is 1.70. The maximum absolute atomic E-state index is 10.2. The highest BCUT2D eigenvalue weighted by atomic mass is 32.1. The standard InChI is InChI=1S/C14H22N4O2S/c1-14(19)3-5-17(10-14)12-11(9-15-4-7-20-2)18-6-8-21-13(18)16-12/h6,8,15,19H,3-5,7,9-10H2,1-2H3. The molecule has 21 heavy (non-hydrogen) atoms. The van der Waals surface area contributed by atoms with Crippen LogP contribution in [-0.4, -0.2) is 53.4 Å². The van der Waals surface area contributed by atoms with Crippen LogP contribution >= 0.6 is 11.3 Å². The second-order valence-corrected chi connectivity index (χ2v) is 6.65. The molecular formula is C14H22N4O2S. The molecule has 3 heterocycles. The van der Waals surface area contributed by atoms with E-state index in [1.165, 1.54) is 0 Å². The molecule has 0 saturated carbocycles. The van der Waals surface area contributed by atoms with E-state index in [4.69, 9.17) is 9.72 Å². The smallest absolute Gasteiger partial charge is 0.195 e. The molecule has 2 N–H and O–H groups in total. The molecule has 2 aromatic heterocycles. The molecule has 1 unspecified atom stereocenters. The molecule has 116 valence electrons. The van der Waals surface area contributed by atoms with E-state index in [0.717, 1.165) is 42.5 Å². The van der Waals surface area contributed by atoms with Crippen LogP contribution in [0.3, 0.4) is 0 Å². The molecule has 7 heteroatoms. The van der Waals surface area contributed by atoms with Crippen LogP contribution in [0, 0.1) is 0 Å². The van der Waals surface area contributed by atoms with E-state index in [2.05, 4.69) is 20.8 Å². The van der Waals surface area contributed by atoms with Crippen molar-refractivity contribution in [2.24, 2.45) is 0 Å². The van der Waals surface area contributed by atoms with E-state index in [0.29, 0.717) is 13.2 Å². The molecule has 0 aromatic carbocycles. The first-order valence-corrected chi connectivity index (χ1v) is 8.10. The van der Waals surface area contributed by atoms with Crippen molar-refractivity contribution in [2.45, 2.75) is 25.5 Å². The predicted molar refractivity (Wildman–Crippen MR) is 84.1 cm³/mol. The largest absolute Gasteiger partial charge is 0.388 e. The summed E-state index contributed by atoms with van der Waals surface area (Å²) in [4.78, 5) is 7.93. The zero-order valence-electron chi connectivity index (χ0n) is 12.5. The van der Waals surface area contributed by atoms with Crippen LogP contribution in [0.1, 0.15) is 19.0 Å². The van der Waals surface area contributed by atoms with Crippen molar-refractivity contribution in [1.29, 1.82) is 0 Å². The third-order valence-corrected chi connectivity index (χ3v) is 4.62. The van der Waals surface area contributed by atoms with Gasteiger partial charge in [0.25, 0.3) is 0 Å². The number of ether oxygens (including phenoxy) is 1. The molecule has 1 aliphatic heterocycles. The fourth-order valence-electron chi connectivity index (χ4n) is 2.75. The molecule has 1 aliphatic rings. The number of methoxy groups -OCH3 is 1. The molecule has 1 atom stereocenters. The van der Waals surface area contributed by atoms with Gasteiger partial charge in [-0.25, -0.2) is 4.98 Å². The maximum Gasteiger partial charge on any atom is 0.195 e. The van der Waals surface area contributed by atoms with Crippen molar-refractivity contribution in [2.75, 3.05) is 38.3 Å². The normalized spacial score (nSPS) is 22.5. The van der Waals surface area contributed by atoms with Crippen LogP contribution < -0.4 is 10.2 Å². The number of imidazole rings is 1. The topological polar surface area (TPSA) is 62.0 Å². The number of β-amino-alcohol motifs (C(OH)–C–C–N with tert-alkyl or cyclic N) is 1. The minimum Gasteiger partial charge on any atom is -0.388 e. The average molecular weight is 310 g/mol. The quantitative estimate of drug-likeness (QED) is 0.782. The van der Waals surface area contributed by atoms with Gasteiger partial charge in [-0.2, -0.15) is 0 Å². The van der Waals surface area contributed by atoms with Crippen molar-refractivity contribution < 1.29 is 9.84 Å². The minimum absolute atomic E-state index is 0.613. The monoisotopic (exact) mass is 310 g/mol. The van der Waals surface area contributed by atoms with Gasteiger partial charge in [0, 0.05) is 44.9 Å². The highest BCUT2D eigenvalue weighted by Crippen LogP contribution is 2.30. The van der Waals surface area contributed by atoms with Crippen LogP contribution in [0.15, 0.2) is 11.6 Å². The lowest BCUT2D eigenvalue weighted by atomic mass is 10.1. The van der Waals surface area contributed by atoms with Crippen molar-refractivity contribution in [3.05, 3.63) is 17.3 Å². The van der Waals surface area contributed by atoms with E-state index in [-0.39, 0.29) is 0 Å². The first kappa shape index (κ1) is 14.8. The molecule has 1 fully saturated rings. The van der Waals surface area contributed by atoms with Gasteiger partial charge in [0.15, 0.2) is 10.8 Å². The Balaban J connectivity index is 1.82. The van der Waals surface area contributed by atoms with Gasteiger partial charge in [0.1, 0.15) is 0 Å². The molecule has 0 amide bonds. The van der Waals surface area contributed by atoms with Gasteiger partial charge in [-0.15, -0.1) is 11.3 Å². The van der Waals surface area contributed by atoms with Gasteiger partial charge in [-0.1, -0.05) is 0 Å². The van der Waals surface area contributed by atoms with E-state index in [1.807, 2.05) is 12.3 Å². The van der Waals surface area contributed by atoms with Crippen LogP contribution in [-0.2, 0) is 11.3 Å². The van der Waals surface area contributed by atoms with E-state index >= 15 is 0 Å². The summed E-state index contributed by atoms with van der Waals surface area (Å²) in [5.74, 6) is 0.990. The van der Waals surface area contributed by atoms with Gasteiger partial charge in [-0.05, 0) is 13.3 Å². The van der Waals surface area contributed by atoms with Crippen molar-refractivity contribution in [3.63, 3.8) is 0 Å². The molecule has 0 aliphatic carbocycles. The van der Waals surface area contributed by atoms with Gasteiger partial charge >= 0.3 is 0 Å². The molecule has 0 spiro atoms. The average Bonchev–Trinajstić information content (AvgIpc) is 3.09. The third-order valence-electron chi connectivity index (χ3n) is 3.87. The zero-order chi connectivity index (χ0) is 14.9. The maximum atomic E-state index is 10.2. The summed E-state index contributed by atoms with van der Waals surface area (Å²) in [5, 5.41) is 15.6. The van der Waals surface area contributed by atoms with Crippen molar-refractivity contribution in [1.82, 2.24) is 14.7 Å². The number of rotatable bonds is 6. The number of hydrogen-bond donors (Lipinski definition) is 2. The van der Waals surface area contributed by atoms with Crippen LogP contribution in [0.25, 0.3) is 4.96 Å². The fraction of sp³-hybridized carbons (Fsp3) is 0.643. The number of anilines is 1. The Bertz CT molecular complexity index is 607. The Labute approximate surface area is 128 Å². The Morgan fingerprint density at radius 3 is 3.14 bits per heavy atom. The number of aromatic nitrogens is 2. The first-order chi connectivity index (χ1) is 10.1. The van der Waals surface area contributed by atoms with Crippen molar-refractivity contribution in [3.8, 4) is 0 Å². The minimum atomic E-state index is -0.613. The SMILES string of the molecule is COCCNCc1c(N2CCC(C)(O)C2)nc2sccn12. The molecule has 0 bridgehead atoms. The fourth-order valence-corrected chi connectivity index (χ4v) is 3.47. The second kappa shape index (κ2) is 5.92. The Morgan fingerprint density at radius 2 is 2.43 bits per heavy atom. The number of hydrogen-bond acceptors (Lipinski definition) is 6. The number of nitrogens with zero attached hydrogens (tertiary/aromatic N) is 3. The van der Waals surface area contributed by atoms with Gasteiger partial charge in [0.05, 0.1) is 17.9 Å². The second-order valence-electron chi connectivity index (χ2n) is 5.78. The van der Waals surface area contributed by atoms with Gasteiger partial charge < -0.3 is 20.1 Å². The summed E-state index contributed by atoms with van der Waals surface area (Å²) in [5.41, 5.74) is 0.540. The summed E-state index contributed by atoms with van der Waals surface area (Å²) >= 11 is 1.63.